The number of likely N-dealkylation sites (N-methyl/N-ethyl adjacent to an activating group) is 1. The molecule has 0 aliphatic carbocycles. The summed E-state index contributed by atoms with van der Waals surface area (Å²) < 4.78 is 2.07. The number of aliphatic hydroxyl groups excluding tert-OH is 1. The maximum atomic E-state index is 12.7. The van der Waals surface area contributed by atoms with Crippen LogP contribution in [-0.4, -0.2) is 40.7 Å². The molecule has 0 bridgehead atoms. The number of carbonyl (C=O) groups excluding carboxylic acids is 1. The van der Waals surface area contributed by atoms with Gasteiger partial charge < -0.3 is 14.6 Å². The number of nitrogens with zero attached hydrogens (tertiary/aromatic N) is 2. The van der Waals surface area contributed by atoms with Crippen LogP contribution in [0.1, 0.15) is 35.5 Å². The molecule has 4 heteroatoms. The van der Waals surface area contributed by atoms with Crippen molar-refractivity contribution in [1.29, 1.82) is 0 Å². The number of rotatable bonds is 5. The molecule has 1 aromatic heterocycles. The first kappa shape index (κ1) is 15.6. The lowest BCUT2D eigenvalue weighted by Crippen LogP contribution is -2.31. The van der Waals surface area contributed by atoms with Crippen molar-refractivity contribution in [3.8, 4) is 0 Å². The standard InChI is InChI=1S/C17H24N2O2/c1-5-13-7-8-15-14(11-13)12(3)16(19(15)6-2)17(21)18(4)9-10-20/h7-8,11,20H,5-6,9-10H2,1-4H3. The molecule has 0 spiro atoms. The lowest BCUT2D eigenvalue weighted by molar-refractivity contribution is 0.0756. The summed E-state index contributed by atoms with van der Waals surface area (Å²) in [6.07, 6.45) is 0.986. The number of amides is 1. The van der Waals surface area contributed by atoms with Gasteiger partial charge >= 0.3 is 0 Å². The molecule has 2 rings (SSSR count). The van der Waals surface area contributed by atoms with E-state index in [9.17, 15) is 4.79 Å². The molecule has 2 aromatic rings. The lowest BCUT2D eigenvalue weighted by Gasteiger charge is -2.17. The molecule has 0 atom stereocenters. The quantitative estimate of drug-likeness (QED) is 0.919. The number of hydrogen-bond donors (Lipinski definition) is 1. The summed E-state index contributed by atoms with van der Waals surface area (Å²) in [6.45, 7) is 7.28. The first-order chi connectivity index (χ1) is 10.0. The van der Waals surface area contributed by atoms with Crippen molar-refractivity contribution in [2.75, 3.05) is 20.2 Å². The third-order valence-corrected chi connectivity index (χ3v) is 4.09. The van der Waals surface area contributed by atoms with Crippen LogP contribution in [0.15, 0.2) is 18.2 Å². The van der Waals surface area contributed by atoms with E-state index >= 15 is 0 Å². The fraction of sp³-hybridized carbons (Fsp3) is 0.471. The van der Waals surface area contributed by atoms with E-state index in [4.69, 9.17) is 5.11 Å². The van der Waals surface area contributed by atoms with Crippen LogP contribution in [0.2, 0.25) is 0 Å². The second kappa shape index (κ2) is 6.31. The normalized spacial score (nSPS) is 11.1. The van der Waals surface area contributed by atoms with E-state index in [0.717, 1.165) is 35.1 Å². The molecule has 1 aromatic carbocycles. The van der Waals surface area contributed by atoms with Crippen molar-refractivity contribution < 1.29 is 9.90 Å². The zero-order valence-corrected chi connectivity index (χ0v) is 13.3. The van der Waals surface area contributed by atoms with Gasteiger partial charge in [-0.3, -0.25) is 4.79 Å². The molecule has 0 fully saturated rings. The van der Waals surface area contributed by atoms with Gasteiger partial charge in [0.15, 0.2) is 0 Å². The highest BCUT2D eigenvalue weighted by molar-refractivity contribution is 6.01. The van der Waals surface area contributed by atoms with Gasteiger partial charge in [0.05, 0.1) is 6.61 Å². The predicted molar refractivity (Wildman–Crippen MR) is 85.8 cm³/mol. The topological polar surface area (TPSA) is 45.5 Å². The number of aliphatic hydroxyl groups is 1. The second-order valence-corrected chi connectivity index (χ2v) is 5.37. The summed E-state index contributed by atoms with van der Waals surface area (Å²) in [5, 5.41) is 10.2. The summed E-state index contributed by atoms with van der Waals surface area (Å²) in [7, 11) is 1.73. The van der Waals surface area contributed by atoms with Gasteiger partial charge in [0.1, 0.15) is 5.69 Å². The number of hydrogen-bond acceptors (Lipinski definition) is 2. The highest BCUT2D eigenvalue weighted by Gasteiger charge is 2.22. The van der Waals surface area contributed by atoms with E-state index < -0.39 is 0 Å². The second-order valence-electron chi connectivity index (χ2n) is 5.37. The molecule has 0 saturated carbocycles. The maximum absolute atomic E-state index is 12.7. The largest absolute Gasteiger partial charge is 0.395 e. The smallest absolute Gasteiger partial charge is 0.270 e. The summed E-state index contributed by atoms with van der Waals surface area (Å²) in [6, 6.07) is 6.41. The van der Waals surface area contributed by atoms with Crippen molar-refractivity contribution in [2.24, 2.45) is 0 Å². The Morgan fingerprint density at radius 2 is 2.05 bits per heavy atom. The van der Waals surface area contributed by atoms with Gasteiger partial charge in [-0.05, 0) is 43.5 Å². The highest BCUT2D eigenvalue weighted by Crippen LogP contribution is 2.27. The van der Waals surface area contributed by atoms with E-state index in [1.54, 1.807) is 11.9 Å². The number of fused-ring (bicyclic) bond motifs is 1. The van der Waals surface area contributed by atoms with Crippen LogP contribution in [0.25, 0.3) is 10.9 Å². The van der Waals surface area contributed by atoms with Gasteiger partial charge in [-0.15, -0.1) is 0 Å². The van der Waals surface area contributed by atoms with E-state index in [2.05, 4.69) is 36.6 Å². The molecular formula is C17H24N2O2. The molecule has 0 saturated heterocycles. The third-order valence-electron chi connectivity index (χ3n) is 4.09. The summed E-state index contributed by atoms with van der Waals surface area (Å²) in [4.78, 5) is 14.2. The van der Waals surface area contributed by atoms with Crippen LogP contribution in [0.5, 0.6) is 0 Å². The van der Waals surface area contributed by atoms with Gasteiger partial charge in [0.2, 0.25) is 0 Å². The van der Waals surface area contributed by atoms with Crippen LogP contribution in [0, 0.1) is 6.92 Å². The molecule has 0 radical (unpaired) electrons. The Morgan fingerprint density at radius 3 is 2.62 bits per heavy atom. The molecule has 1 amide bonds. The van der Waals surface area contributed by atoms with E-state index in [-0.39, 0.29) is 12.5 Å². The molecule has 1 N–H and O–H groups in total. The predicted octanol–water partition coefficient (Wildman–Crippen LogP) is 2.60. The van der Waals surface area contributed by atoms with E-state index in [1.807, 2.05) is 6.92 Å². The molecule has 4 nitrogen and oxygen atoms in total. The fourth-order valence-electron chi connectivity index (χ4n) is 2.83. The number of aromatic nitrogens is 1. The third kappa shape index (κ3) is 2.68. The zero-order chi connectivity index (χ0) is 15.6. The average molecular weight is 288 g/mol. The highest BCUT2D eigenvalue weighted by atomic mass is 16.3. The Labute approximate surface area is 126 Å². The Morgan fingerprint density at radius 1 is 1.33 bits per heavy atom. The summed E-state index contributed by atoms with van der Waals surface area (Å²) in [5.74, 6) is -0.0300. The van der Waals surface area contributed by atoms with Crippen LogP contribution in [0.3, 0.4) is 0 Å². The Kier molecular flexibility index (Phi) is 4.68. The van der Waals surface area contributed by atoms with Crippen LogP contribution in [-0.2, 0) is 13.0 Å². The van der Waals surface area contributed by atoms with Gasteiger partial charge in [0.25, 0.3) is 5.91 Å². The summed E-state index contributed by atoms with van der Waals surface area (Å²) >= 11 is 0. The Hall–Kier alpha value is -1.81. The molecule has 0 unspecified atom stereocenters. The number of aryl methyl sites for hydroxylation is 3. The minimum atomic E-state index is -0.0300. The molecular weight excluding hydrogens is 264 g/mol. The first-order valence-corrected chi connectivity index (χ1v) is 7.53. The minimum Gasteiger partial charge on any atom is -0.395 e. The van der Waals surface area contributed by atoms with Gasteiger partial charge in [-0.1, -0.05) is 13.0 Å². The number of benzene rings is 1. The zero-order valence-electron chi connectivity index (χ0n) is 13.3. The molecule has 0 aliphatic heterocycles. The van der Waals surface area contributed by atoms with Crippen molar-refractivity contribution in [3.05, 3.63) is 35.0 Å². The molecule has 0 aliphatic rings. The fourth-order valence-corrected chi connectivity index (χ4v) is 2.83. The van der Waals surface area contributed by atoms with Gasteiger partial charge in [0, 0.05) is 31.0 Å². The Bertz CT molecular complexity index is 658. The van der Waals surface area contributed by atoms with Crippen molar-refractivity contribution in [1.82, 2.24) is 9.47 Å². The molecule has 1 heterocycles. The van der Waals surface area contributed by atoms with Gasteiger partial charge in [-0.25, -0.2) is 0 Å². The van der Waals surface area contributed by atoms with Crippen LogP contribution in [0.4, 0.5) is 0 Å². The monoisotopic (exact) mass is 288 g/mol. The van der Waals surface area contributed by atoms with Crippen molar-refractivity contribution >= 4 is 16.8 Å². The van der Waals surface area contributed by atoms with Crippen LogP contribution < -0.4 is 0 Å². The Balaban J connectivity index is 2.62. The number of carbonyl (C=O) groups is 1. The van der Waals surface area contributed by atoms with Gasteiger partial charge in [-0.2, -0.15) is 0 Å². The van der Waals surface area contributed by atoms with E-state index in [1.165, 1.54) is 5.56 Å². The molecule has 21 heavy (non-hydrogen) atoms. The molecule has 114 valence electrons. The minimum absolute atomic E-state index is 0.0202. The lowest BCUT2D eigenvalue weighted by atomic mass is 10.1. The maximum Gasteiger partial charge on any atom is 0.270 e. The SMILES string of the molecule is CCc1ccc2c(c1)c(C)c(C(=O)N(C)CCO)n2CC. The van der Waals surface area contributed by atoms with Crippen LogP contribution >= 0.6 is 0 Å². The summed E-state index contributed by atoms with van der Waals surface area (Å²) in [5.41, 5.74) is 4.14. The first-order valence-electron chi connectivity index (χ1n) is 7.53. The van der Waals surface area contributed by atoms with Crippen molar-refractivity contribution in [3.63, 3.8) is 0 Å². The average Bonchev–Trinajstić information content (AvgIpc) is 2.78. The van der Waals surface area contributed by atoms with Crippen molar-refractivity contribution in [2.45, 2.75) is 33.7 Å². The van der Waals surface area contributed by atoms with E-state index in [0.29, 0.717) is 6.54 Å².